The lowest BCUT2D eigenvalue weighted by Gasteiger charge is -2.24. The van der Waals surface area contributed by atoms with Gasteiger partial charge in [0.15, 0.2) is 0 Å². The summed E-state index contributed by atoms with van der Waals surface area (Å²) in [6.07, 6.45) is 6.62. The lowest BCUT2D eigenvalue weighted by atomic mass is 9.84. The molecule has 0 saturated heterocycles. The number of hydrogen-bond acceptors (Lipinski definition) is 2. The summed E-state index contributed by atoms with van der Waals surface area (Å²) < 4.78 is 0. The van der Waals surface area contributed by atoms with Gasteiger partial charge in [0, 0.05) is 19.5 Å². The SMILES string of the molecule is CC(C)(CCNC(=O)NCC1CCCC1)CCC(=O)O. The molecule has 0 aliphatic heterocycles. The van der Waals surface area contributed by atoms with Crippen LogP contribution in [0.4, 0.5) is 4.79 Å². The number of aliphatic carboxylic acids is 1. The Hall–Kier alpha value is -1.26. The van der Waals surface area contributed by atoms with Gasteiger partial charge >= 0.3 is 12.0 Å². The lowest BCUT2D eigenvalue weighted by molar-refractivity contribution is -0.137. The van der Waals surface area contributed by atoms with Gasteiger partial charge in [0.2, 0.25) is 0 Å². The van der Waals surface area contributed by atoms with Gasteiger partial charge in [-0.25, -0.2) is 4.79 Å². The van der Waals surface area contributed by atoms with Gasteiger partial charge in [-0.2, -0.15) is 0 Å². The summed E-state index contributed by atoms with van der Waals surface area (Å²) in [5, 5.41) is 14.5. The van der Waals surface area contributed by atoms with Crippen molar-refractivity contribution < 1.29 is 14.7 Å². The van der Waals surface area contributed by atoms with Gasteiger partial charge < -0.3 is 15.7 Å². The Morgan fingerprint density at radius 1 is 1.15 bits per heavy atom. The van der Waals surface area contributed by atoms with Crippen molar-refractivity contribution >= 4 is 12.0 Å². The summed E-state index contributed by atoms with van der Waals surface area (Å²) in [5.41, 5.74) is -0.0584. The lowest BCUT2D eigenvalue weighted by Crippen LogP contribution is -2.39. The average molecular weight is 284 g/mol. The van der Waals surface area contributed by atoms with Crippen molar-refractivity contribution in [3.63, 3.8) is 0 Å². The number of rotatable bonds is 8. The number of amides is 2. The van der Waals surface area contributed by atoms with E-state index in [0.717, 1.165) is 13.0 Å². The summed E-state index contributed by atoms with van der Waals surface area (Å²) in [6, 6.07) is -0.106. The third kappa shape index (κ3) is 7.36. The van der Waals surface area contributed by atoms with Gasteiger partial charge in [-0.15, -0.1) is 0 Å². The van der Waals surface area contributed by atoms with Gasteiger partial charge in [0.25, 0.3) is 0 Å². The van der Waals surface area contributed by atoms with Gasteiger partial charge in [0.1, 0.15) is 0 Å². The van der Waals surface area contributed by atoms with Crippen LogP contribution in [0.25, 0.3) is 0 Å². The van der Waals surface area contributed by atoms with E-state index in [1.807, 2.05) is 13.8 Å². The number of carbonyl (C=O) groups is 2. The van der Waals surface area contributed by atoms with Crippen molar-refractivity contribution in [3.8, 4) is 0 Å². The van der Waals surface area contributed by atoms with E-state index in [1.165, 1.54) is 25.7 Å². The normalized spacial score (nSPS) is 16.1. The van der Waals surface area contributed by atoms with E-state index in [1.54, 1.807) is 0 Å². The molecule has 116 valence electrons. The molecule has 0 aromatic carbocycles. The smallest absolute Gasteiger partial charge is 0.314 e. The minimum absolute atomic E-state index is 0.0584. The molecule has 0 unspecified atom stereocenters. The topological polar surface area (TPSA) is 78.4 Å². The molecule has 1 aliphatic rings. The van der Waals surface area contributed by atoms with E-state index >= 15 is 0 Å². The Morgan fingerprint density at radius 3 is 2.40 bits per heavy atom. The van der Waals surface area contributed by atoms with Crippen LogP contribution in [0, 0.1) is 11.3 Å². The maximum Gasteiger partial charge on any atom is 0.314 e. The zero-order valence-electron chi connectivity index (χ0n) is 12.7. The molecule has 5 heteroatoms. The second-order valence-corrected chi connectivity index (χ2v) is 6.60. The highest BCUT2D eigenvalue weighted by atomic mass is 16.4. The van der Waals surface area contributed by atoms with Crippen LogP contribution in [-0.4, -0.2) is 30.2 Å². The zero-order valence-corrected chi connectivity index (χ0v) is 12.7. The van der Waals surface area contributed by atoms with E-state index in [2.05, 4.69) is 10.6 Å². The standard InChI is InChI=1S/C15H28N2O3/c1-15(2,8-7-13(18)19)9-10-16-14(20)17-11-12-5-3-4-6-12/h12H,3-11H2,1-2H3,(H,18,19)(H2,16,17,20). The van der Waals surface area contributed by atoms with Gasteiger partial charge in [-0.1, -0.05) is 26.7 Å². The minimum Gasteiger partial charge on any atom is -0.481 e. The van der Waals surface area contributed by atoms with Crippen LogP contribution in [-0.2, 0) is 4.79 Å². The van der Waals surface area contributed by atoms with Crippen molar-refractivity contribution in [2.45, 2.75) is 58.8 Å². The first-order valence-corrected chi connectivity index (χ1v) is 7.62. The Balaban J connectivity index is 2.09. The molecular weight excluding hydrogens is 256 g/mol. The van der Waals surface area contributed by atoms with Crippen molar-refractivity contribution in [1.29, 1.82) is 0 Å². The second kappa shape index (κ2) is 8.12. The maximum absolute atomic E-state index is 11.6. The van der Waals surface area contributed by atoms with E-state index in [4.69, 9.17) is 5.11 Å². The molecule has 1 saturated carbocycles. The molecule has 0 atom stereocenters. The molecule has 3 N–H and O–H groups in total. The minimum atomic E-state index is -0.764. The number of carboxylic acid groups (broad SMARTS) is 1. The van der Waals surface area contributed by atoms with Gasteiger partial charge in [-0.3, -0.25) is 4.79 Å². The summed E-state index contributed by atoms with van der Waals surface area (Å²) in [7, 11) is 0. The zero-order chi connectivity index (χ0) is 15.0. The summed E-state index contributed by atoms with van der Waals surface area (Å²) >= 11 is 0. The molecule has 2 amide bonds. The fourth-order valence-electron chi connectivity index (χ4n) is 2.60. The van der Waals surface area contributed by atoms with E-state index in [9.17, 15) is 9.59 Å². The Labute approximate surface area is 121 Å². The molecule has 1 rings (SSSR count). The van der Waals surface area contributed by atoms with Crippen LogP contribution in [0.5, 0.6) is 0 Å². The van der Waals surface area contributed by atoms with Crippen LogP contribution in [0.1, 0.15) is 58.8 Å². The molecule has 5 nitrogen and oxygen atoms in total. The summed E-state index contributed by atoms with van der Waals surface area (Å²) in [5.74, 6) is -0.118. The van der Waals surface area contributed by atoms with Crippen LogP contribution in [0.15, 0.2) is 0 Å². The Bertz CT molecular complexity index is 323. The Kier molecular flexibility index (Phi) is 6.82. The largest absolute Gasteiger partial charge is 0.481 e. The van der Waals surface area contributed by atoms with Crippen molar-refractivity contribution in [3.05, 3.63) is 0 Å². The van der Waals surface area contributed by atoms with E-state index in [-0.39, 0.29) is 17.9 Å². The third-order valence-corrected chi connectivity index (χ3v) is 4.13. The van der Waals surface area contributed by atoms with Crippen molar-refractivity contribution in [2.75, 3.05) is 13.1 Å². The molecule has 0 aromatic heterocycles. The number of carboxylic acids is 1. The number of nitrogens with one attached hydrogen (secondary N) is 2. The Morgan fingerprint density at radius 2 is 1.80 bits per heavy atom. The molecule has 1 fully saturated rings. The van der Waals surface area contributed by atoms with E-state index < -0.39 is 5.97 Å². The highest BCUT2D eigenvalue weighted by Gasteiger charge is 2.19. The van der Waals surface area contributed by atoms with Crippen molar-refractivity contribution in [2.24, 2.45) is 11.3 Å². The summed E-state index contributed by atoms with van der Waals surface area (Å²) in [4.78, 5) is 22.2. The first-order chi connectivity index (χ1) is 9.39. The maximum atomic E-state index is 11.6. The predicted octanol–water partition coefficient (Wildman–Crippen LogP) is 2.76. The molecule has 20 heavy (non-hydrogen) atoms. The molecule has 1 aliphatic carbocycles. The van der Waals surface area contributed by atoms with Gasteiger partial charge in [-0.05, 0) is 37.0 Å². The quantitative estimate of drug-likeness (QED) is 0.641. The van der Waals surface area contributed by atoms with Crippen LogP contribution in [0.2, 0.25) is 0 Å². The van der Waals surface area contributed by atoms with Crippen molar-refractivity contribution in [1.82, 2.24) is 10.6 Å². The first kappa shape index (κ1) is 16.8. The van der Waals surface area contributed by atoms with Crippen LogP contribution in [0.3, 0.4) is 0 Å². The van der Waals surface area contributed by atoms with Crippen LogP contribution < -0.4 is 10.6 Å². The average Bonchev–Trinajstić information content (AvgIpc) is 2.87. The molecule has 0 spiro atoms. The molecular formula is C15H28N2O3. The molecule has 0 radical (unpaired) electrons. The number of hydrogen-bond donors (Lipinski definition) is 3. The number of urea groups is 1. The predicted molar refractivity (Wildman–Crippen MR) is 78.6 cm³/mol. The van der Waals surface area contributed by atoms with E-state index in [0.29, 0.717) is 18.9 Å². The molecule has 0 bridgehead atoms. The molecule has 0 heterocycles. The second-order valence-electron chi connectivity index (χ2n) is 6.60. The highest BCUT2D eigenvalue weighted by molar-refractivity contribution is 5.73. The molecule has 0 aromatic rings. The summed E-state index contributed by atoms with van der Waals surface area (Å²) in [6.45, 7) is 5.43. The monoisotopic (exact) mass is 284 g/mol. The fourth-order valence-corrected chi connectivity index (χ4v) is 2.60. The van der Waals surface area contributed by atoms with Crippen LogP contribution >= 0.6 is 0 Å². The number of carbonyl (C=O) groups excluding carboxylic acids is 1. The van der Waals surface area contributed by atoms with Gasteiger partial charge in [0.05, 0.1) is 0 Å². The highest BCUT2D eigenvalue weighted by Crippen LogP contribution is 2.26. The first-order valence-electron chi connectivity index (χ1n) is 7.62. The fraction of sp³-hybridized carbons (Fsp3) is 0.867. The third-order valence-electron chi connectivity index (χ3n) is 4.13.